The van der Waals surface area contributed by atoms with E-state index in [2.05, 4.69) is 10.1 Å². The summed E-state index contributed by atoms with van der Waals surface area (Å²) in [4.78, 5) is 11.5. The van der Waals surface area contributed by atoms with Gasteiger partial charge in [-0.15, -0.1) is 0 Å². The van der Waals surface area contributed by atoms with Crippen molar-refractivity contribution < 1.29 is 23.0 Å². The quantitative estimate of drug-likeness (QED) is 0.553. The smallest absolute Gasteiger partial charge is 0.323 e. The van der Waals surface area contributed by atoms with Gasteiger partial charge in [-0.05, 0) is 27.7 Å². The van der Waals surface area contributed by atoms with Crippen molar-refractivity contribution >= 4 is 5.97 Å². The van der Waals surface area contributed by atoms with Crippen molar-refractivity contribution in [2.24, 2.45) is 0 Å². The number of alkyl halides is 2. The topological polar surface area (TPSA) is 47.6 Å². The molecule has 6 heteroatoms. The summed E-state index contributed by atoms with van der Waals surface area (Å²) in [5.74, 6) is -0.369. The van der Waals surface area contributed by atoms with Crippen LogP contribution in [0, 0.1) is 0 Å². The van der Waals surface area contributed by atoms with Crippen LogP contribution in [0.25, 0.3) is 0 Å². The second kappa shape index (κ2) is 7.55. The largest absolute Gasteiger partial charge is 0.459 e. The fourth-order valence-corrected chi connectivity index (χ4v) is 0.994. The van der Waals surface area contributed by atoms with Gasteiger partial charge in [0.25, 0.3) is 6.43 Å². The SMILES string of the molecule is CC(NCCOCC(F)F)C(=O)OC(C)(C)C. The van der Waals surface area contributed by atoms with Gasteiger partial charge < -0.3 is 14.8 Å². The third-order valence-corrected chi connectivity index (χ3v) is 1.70. The predicted molar refractivity (Wildman–Crippen MR) is 60.1 cm³/mol. The van der Waals surface area contributed by atoms with Crippen LogP contribution in [0.4, 0.5) is 8.78 Å². The van der Waals surface area contributed by atoms with Crippen molar-refractivity contribution in [2.75, 3.05) is 19.8 Å². The molecule has 0 saturated carbocycles. The molecule has 0 aliphatic heterocycles. The number of carbonyl (C=O) groups is 1. The van der Waals surface area contributed by atoms with Crippen LogP contribution in [0.5, 0.6) is 0 Å². The van der Waals surface area contributed by atoms with E-state index < -0.39 is 24.7 Å². The normalized spacial score (nSPS) is 13.8. The van der Waals surface area contributed by atoms with E-state index in [1.165, 1.54) is 0 Å². The summed E-state index contributed by atoms with van der Waals surface area (Å²) in [6.07, 6.45) is -2.46. The van der Waals surface area contributed by atoms with Crippen molar-refractivity contribution in [1.82, 2.24) is 5.32 Å². The highest BCUT2D eigenvalue weighted by molar-refractivity contribution is 5.75. The molecule has 1 N–H and O–H groups in total. The minimum absolute atomic E-state index is 0.136. The zero-order valence-corrected chi connectivity index (χ0v) is 10.8. The molecule has 17 heavy (non-hydrogen) atoms. The minimum atomic E-state index is -2.46. The van der Waals surface area contributed by atoms with E-state index >= 15 is 0 Å². The molecule has 0 aromatic carbocycles. The first-order chi connectivity index (χ1) is 7.72. The summed E-state index contributed by atoms with van der Waals surface area (Å²) in [5.41, 5.74) is -0.529. The Hall–Kier alpha value is -0.750. The van der Waals surface area contributed by atoms with E-state index in [0.29, 0.717) is 6.54 Å². The summed E-state index contributed by atoms with van der Waals surface area (Å²) in [6, 6.07) is -0.482. The number of nitrogens with one attached hydrogen (secondary N) is 1. The summed E-state index contributed by atoms with van der Waals surface area (Å²) in [6.45, 7) is 6.88. The van der Waals surface area contributed by atoms with E-state index in [0.717, 1.165) is 0 Å². The van der Waals surface area contributed by atoms with Crippen molar-refractivity contribution in [3.8, 4) is 0 Å². The Morgan fingerprint density at radius 1 is 1.35 bits per heavy atom. The zero-order chi connectivity index (χ0) is 13.5. The van der Waals surface area contributed by atoms with E-state index in [-0.39, 0.29) is 12.6 Å². The van der Waals surface area contributed by atoms with Gasteiger partial charge in [0.05, 0.1) is 6.61 Å². The van der Waals surface area contributed by atoms with E-state index in [9.17, 15) is 13.6 Å². The molecule has 102 valence electrons. The van der Waals surface area contributed by atoms with Crippen LogP contribution in [0.3, 0.4) is 0 Å². The number of hydrogen-bond acceptors (Lipinski definition) is 4. The molecule has 0 amide bonds. The molecule has 0 bridgehead atoms. The molecule has 0 rings (SSSR count). The van der Waals surface area contributed by atoms with Gasteiger partial charge in [0.2, 0.25) is 0 Å². The van der Waals surface area contributed by atoms with Gasteiger partial charge in [0.15, 0.2) is 0 Å². The molecule has 1 atom stereocenters. The average molecular weight is 253 g/mol. The van der Waals surface area contributed by atoms with Crippen LogP contribution < -0.4 is 5.32 Å². The molecule has 0 aliphatic rings. The molecule has 4 nitrogen and oxygen atoms in total. The maximum Gasteiger partial charge on any atom is 0.323 e. The number of carbonyl (C=O) groups excluding carboxylic acids is 1. The van der Waals surface area contributed by atoms with Gasteiger partial charge in [0.1, 0.15) is 18.2 Å². The Labute approximate surface area is 101 Å². The Kier molecular flexibility index (Phi) is 7.22. The lowest BCUT2D eigenvalue weighted by Gasteiger charge is -2.22. The first-order valence-corrected chi connectivity index (χ1v) is 5.54. The molecular weight excluding hydrogens is 232 g/mol. The molecule has 0 aliphatic carbocycles. The highest BCUT2D eigenvalue weighted by Crippen LogP contribution is 2.08. The molecule has 0 heterocycles. The van der Waals surface area contributed by atoms with E-state index in [1.54, 1.807) is 27.7 Å². The fourth-order valence-electron chi connectivity index (χ4n) is 0.994. The second-order valence-electron chi connectivity index (χ2n) is 4.68. The summed E-state index contributed by atoms with van der Waals surface area (Å²) < 4.78 is 33.2. The molecule has 0 fully saturated rings. The minimum Gasteiger partial charge on any atom is -0.459 e. The van der Waals surface area contributed by atoms with Crippen LogP contribution in [-0.2, 0) is 14.3 Å². The highest BCUT2D eigenvalue weighted by atomic mass is 19.3. The van der Waals surface area contributed by atoms with Gasteiger partial charge in [-0.3, -0.25) is 4.79 Å². The number of hydrogen-bond donors (Lipinski definition) is 1. The molecule has 0 aromatic heterocycles. The lowest BCUT2D eigenvalue weighted by atomic mass is 10.2. The van der Waals surface area contributed by atoms with Crippen LogP contribution >= 0.6 is 0 Å². The van der Waals surface area contributed by atoms with Gasteiger partial charge >= 0.3 is 5.97 Å². The van der Waals surface area contributed by atoms with Gasteiger partial charge in [-0.2, -0.15) is 0 Å². The maximum absolute atomic E-state index is 11.7. The van der Waals surface area contributed by atoms with Crippen molar-refractivity contribution in [2.45, 2.75) is 45.8 Å². The molecule has 0 radical (unpaired) electrons. The predicted octanol–water partition coefficient (Wildman–Crippen LogP) is 1.59. The van der Waals surface area contributed by atoms with Crippen LogP contribution in [0.2, 0.25) is 0 Å². The number of esters is 1. The van der Waals surface area contributed by atoms with Crippen molar-refractivity contribution in [3.63, 3.8) is 0 Å². The number of ether oxygens (including phenoxy) is 2. The van der Waals surface area contributed by atoms with Crippen LogP contribution in [0.15, 0.2) is 0 Å². The third kappa shape index (κ3) is 10.1. The Balaban J connectivity index is 3.65. The molecular formula is C11H21F2NO3. The first kappa shape index (κ1) is 16.2. The Morgan fingerprint density at radius 2 is 1.94 bits per heavy atom. The Bertz CT molecular complexity index is 229. The molecule has 0 saturated heterocycles. The van der Waals surface area contributed by atoms with Crippen LogP contribution in [-0.4, -0.2) is 43.8 Å². The number of rotatable bonds is 7. The summed E-state index contributed by atoms with van der Waals surface area (Å²) in [7, 11) is 0. The van der Waals surface area contributed by atoms with Crippen LogP contribution in [0.1, 0.15) is 27.7 Å². The standard InChI is InChI=1S/C11H21F2NO3/c1-8(10(15)17-11(2,3)4)14-5-6-16-7-9(12)13/h8-9,14H,5-7H2,1-4H3. The van der Waals surface area contributed by atoms with Crippen molar-refractivity contribution in [3.05, 3.63) is 0 Å². The monoisotopic (exact) mass is 253 g/mol. The first-order valence-electron chi connectivity index (χ1n) is 5.54. The van der Waals surface area contributed by atoms with E-state index in [1.807, 2.05) is 0 Å². The van der Waals surface area contributed by atoms with E-state index in [4.69, 9.17) is 4.74 Å². The lowest BCUT2D eigenvalue weighted by molar-refractivity contribution is -0.157. The Morgan fingerprint density at radius 3 is 2.41 bits per heavy atom. The molecule has 1 unspecified atom stereocenters. The summed E-state index contributed by atoms with van der Waals surface area (Å²) in [5, 5.41) is 2.83. The number of halogens is 2. The zero-order valence-electron chi connectivity index (χ0n) is 10.8. The average Bonchev–Trinajstić information content (AvgIpc) is 2.13. The molecule has 0 spiro atoms. The van der Waals surface area contributed by atoms with Gasteiger partial charge in [-0.1, -0.05) is 0 Å². The van der Waals surface area contributed by atoms with Gasteiger partial charge in [0, 0.05) is 6.54 Å². The maximum atomic E-state index is 11.7. The van der Waals surface area contributed by atoms with Crippen molar-refractivity contribution in [1.29, 1.82) is 0 Å². The van der Waals surface area contributed by atoms with Gasteiger partial charge in [-0.25, -0.2) is 8.78 Å². The summed E-state index contributed by atoms with van der Waals surface area (Å²) >= 11 is 0. The second-order valence-corrected chi connectivity index (χ2v) is 4.68. The molecule has 0 aromatic rings. The highest BCUT2D eigenvalue weighted by Gasteiger charge is 2.20. The fraction of sp³-hybridized carbons (Fsp3) is 0.909. The third-order valence-electron chi connectivity index (χ3n) is 1.70. The lowest BCUT2D eigenvalue weighted by Crippen LogP contribution is -2.40.